The molecule has 144 valence electrons. The number of hydrogen-bond donors (Lipinski definition) is 2. The molecule has 0 bridgehead atoms. The summed E-state index contributed by atoms with van der Waals surface area (Å²) in [6, 6.07) is 5.29. The molecule has 1 aliphatic rings. The first kappa shape index (κ1) is 19.4. The zero-order valence-electron chi connectivity index (χ0n) is 16.1. The Bertz CT molecular complexity index is 896. The van der Waals surface area contributed by atoms with Gasteiger partial charge in [0.2, 0.25) is 0 Å². The van der Waals surface area contributed by atoms with E-state index in [2.05, 4.69) is 15.6 Å². The van der Waals surface area contributed by atoms with Gasteiger partial charge in [0, 0.05) is 22.8 Å². The van der Waals surface area contributed by atoms with Gasteiger partial charge in [-0.15, -0.1) is 0 Å². The predicted molar refractivity (Wildman–Crippen MR) is 107 cm³/mol. The van der Waals surface area contributed by atoms with Crippen molar-refractivity contribution in [3.05, 3.63) is 46.0 Å². The van der Waals surface area contributed by atoms with E-state index in [1.54, 1.807) is 18.2 Å². The van der Waals surface area contributed by atoms with E-state index in [0.717, 1.165) is 30.5 Å². The lowest BCUT2D eigenvalue weighted by Gasteiger charge is -2.22. The van der Waals surface area contributed by atoms with Gasteiger partial charge in [-0.2, -0.15) is 0 Å². The van der Waals surface area contributed by atoms with Crippen LogP contribution >= 0.6 is 11.6 Å². The molecule has 0 saturated heterocycles. The predicted octanol–water partition coefficient (Wildman–Crippen LogP) is 3.96. The summed E-state index contributed by atoms with van der Waals surface area (Å²) in [5.41, 5.74) is 2.32. The number of halogens is 1. The molecule has 0 spiro atoms. The Balaban J connectivity index is 1.93. The Morgan fingerprint density at radius 2 is 1.93 bits per heavy atom. The molecular formula is C20H25ClN4O2. The van der Waals surface area contributed by atoms with Gasteiger partial charge in [-0.05, 0) is 70.7 Å². The molecule has 2 N–H and O–H groups in total. The number of fused-ring (bicyclic) bond motifs is 1. The Labute approximate surface area is 164 Å². The summed E-state index contributed by atoms with van der Waals surface area (Å²) in [6.07, 6.45) is 2.68. The van der Waals surface area contributed by atoms with Gasteiger partial charge in [-0.25, -0.2) is 4.98 Å². The first-order chi connectivity index (χ1) is 12.7. The minimum Gasteiger partial charge on any atom is -0.345 e. The van der Waals surface area contributed by atoms with Crippen molar-refractivity contribution in [3.8, 4) is 0 Å². The monoisotopic (exact) mass is 388 g/mol. The zero-order chi connectivity index (χ0) is 19.8. The largest absolute Gasteiger partial charge is 0.345 e. The summed E-state index contributed by atoms with van der Waals surface area (Å²) in [5.74, 6) is -0.258. The van der Waals surface area contributed by atoms with E-state index in [-0.39, 0.29) is 17.4 Å². The van der Waals surface area contributed by atoms with E-state index >= 15 is 0 Å². The topological polar surface area (TPSA) is 76.0 Å². The molecule has 6 nitrogen and oxygen atoms in total. The second-order valence-electron chi connectivity index (χ2n) is 7.96. The molecule has 2 aromatic rings. The number of benzene rings is 1. The van der Waals surface area contributed by atoms with Crippen molar-refractivity contribution in [2.24, 2.45) is 0 Å². The number of amides is 2. The lowest BCUT2D eigenvalue weighted by Crippen LogP contribution is -2.42. The summed E-state index contributed by atoms with van der Waals surface area (Å²) < 4.78 is 1.88. The van der Waals surface area contributed by atoms with Crippen molar-refractivity contribution in [3.63, 3.8) is 0 Å². The summed E-state index contributed by atoms with van der Waals surface area (Å²) in [6.45, 7) is 8.33. The van der Waals surface area contributed by atoms with Crippen LogP contribution in [0.3, 0.4) is 0 Å². The number of hydrogen-bond acceptors (Lipinski definition) is 3. The molecule has 1 aromatic carbocycles. The van der Waals surface area contributed by atoms with Gasteiger partial charge in [-0.1, -0.05) is 11.6 Å². The first-order valence-corrected chi connectivity index (χ1v) is 9.53. The highest BCUT2D eigenvalue weighted by molar-refractivity contribution is 6.30. The molecule has 3 rings (SSSR count). The maximum Gasteiger partial charge on any atom is 0.287 e. The van der Waals surface area contributed by atoms with Crippen molar-refractivity contribution >= 4 is 29.1 Å². The van der Waals surface area contributed by atoms with E-state index in [4.69, 9.17) is 11.6 Å². The average molecular weight is 389 g/mol. The zero-order valence-corrected chi connectivity index (χ0v) is 16.9. The van der Waals surface area contributed by atoms with Crippen LogP contribution in [0.5, 0.6) is 0 Å². The molecule has 0 atom stereocenters. The lowest BCUT2D eigenvalue weighted by molar-refractivity contribution is 0.0903. The maximum atomic E-state index is 12.9. The van der Waals surface area contributed by atoms with Crippen molar-refractivity contribution < 1.29 is 9.59 Å². The summed E-state index contributed by atoms with van der Waals surface area (Å²) >= 11 is 5.98. The quantitative estimate of drug-likeness (QED) is 0.835. The Hall–Kier alpha value is -2.34. The number of anilines is 1. The van der Waals surface area contributed by atoms with Crippen LogP contribution in [0.1, 0.15) is 66.0 Å². The lowest BCUT2D eigenvalue weighted by atomic mass is 10.1. The first-order valence-electron chi connectivity index (χ1n) is 9.15. The van der Waals surface area contributed by atoms with Crippen LogP contribution in [-0.4, -0.2) is 26.9 Å². The highest BCUT2D eigenvalue weighted by Crippen LogP contribution is 2.24. The summed E-state index contributed by atoms with van der Waals surface area (Å²) in [5, 5.41) is 6.45. The normalized spacial score (nSPS) is 13.8. The molecule has 2 heterocycles. The molecule has 1 aliphatic heterocycles. The van der Waals surface area contributed by atoms with E-state index in [1.807, 2.05) is 32.3 Å². The van der Waals surface area contributed by atoms with Crippen LogP contribution in [0.15, 0.2) is 18.2 Å². The molecule has 0 radical (unpaired) electrons. The molecule has 0 fully saturated rings. The van der Waals surface area contributed by atoms with E-state index in [1.165, 1.54) is 0 Å². The SMILES string of the molecule is Cc1cc(Cl)ccc1NC(=O)c1nc(C(=O)NC(C)(C)C)n2c1CCCC2. The third-order valence-corrected chi connectivity index (χ3v) is 4.70. The van der Waals surface area contributed by atoms with Gasteiger partial charge in [0.15, 0.2) is 11.5 Å². The molecule has 0 saturated carbocycles. The molecule has 2 amide bonds. The smallest absolute Gasteiger partial charge is 0.287 e. The highest BCUT2D eigenvalue weighted by Gasteiger charge is 2.29. The van der Waals surface area contributed by atoms with Gasteiger partial charge in [0.25, 0.3) is 11.8 Å². The number of rotatable bonds is 3. The standard InChI is InChI=1S/C20H25ClN4O2/c1-12-11-13(21)8-9-14(12)22-18(26)16-15-7-5-6-10-25(15)17(23-16)19(27)24-20(2,3)4/h8-9,11H,5-7,10H2,1-4H3,(H,22,26)(H,24,27). The molecule has 7 heteroatoms. The Morgan fingerprint density at radius 3 is 2.59 bits per heavy atom. The fraction of sp³-hybridized carbons (Fsp3) is 0.450. The Morgan fingerprint density at radius 1 is 1.19 bits per heavy atom. The number of aromatic nitrogens is 2. The van der Waals surface area contributed by atoms with Crippen LogP contribution in [0.2, 0.25) is 5.02 Å². The van der Waals surface area contributed by atoms with Gasteiger partial charge in [0.1, 0.15) is 0 Å². The van der Waals surface area contributed by atoms with Crippen molar-refractivity contribution in [2.45, 2.75) is 59.0 Å². The third-order valence-electron chi connectivity index (χ3n) is 4.46. The fourth-order valence-corrected chi connectivity index (χ4v) is 3.47. The molecule has 0 unspecified atom stereocenters. The van der Waals surface area contributed by atoms with Crippen molar-refractivity contribution in [2.75, 3.05) is 5.32 Å². The minimum atomic E-state index is -0.374. The van der Waals surface area contributed by atoms with Crippen LogP contribution in [0.4, 0.5) is 5.69 Å². The third kappa shape index (κ3) is 4.33. The van der Waals surface area contributed by atoms with Gasteiger partial charge in [0.05, 0.1) is 5.69 Å². The fourth-order valence-electron chi connectivity index (χ4n) is 3.24. The summed E-state index contributed by atoms with van der Waals surface area (Å²) in [4.78, 5) is 30.0. The van der Waals surface area contributed by atoms with Crippen LogP contribution in [-0.2, 0) is 13.0 Å². The van der Waals surface area contributed by atoms with Crippen molar-refractivity contribution in [1.82, 2.24) is 14.9 Å². The number of imidazole rings is 1. The number of nitrogens with zero attached hydrogens (tertiary/aromatic N) is 2. The van der Waals surface area contributed by atoms with Gasteiger partial charge < -0.3 is 15.2 Å². The maximum absolute atomic E-state index is 12.9. The summed E-state index contributed by atoms with van der Waals surface area (Å²) in [7, 11) is 0. The number of nitrogens with one attached hydrogen (secondary N) is 2. The van der Waals surface area contributed by atoms with Crippen molar-refractivity contribution in [1.29, 1.82) is 0 Å². The number of carbonyl (C=O) groups excluding carboxylic acids is 2. The van der Waals surface area contributed by atoms with E-state index in [9.17, 15) is 9.59 Å². The molecular weight excluding hydrogens is 364 g/mol. The average Bonchev–Trinajstić information content (AvgIpc) is 2.96. The molecule has 0 aliphatic carbocycles. The van der Waals surface area contributed by atoms with Crippen LogP contribution in [0, 0.1) is 6.92 Å². The second-order valence-corrected chi connectivity index (χ2v) is 8.39. The van der Waals surface area contributed by atoms with Gasteiger partial charge >= 0.3 is 0 Å². The molecule has 27 heavy (non-hydrogen) atoms. The minimum absolute atomic E-state index is 0.257. The number of aryl methyl sites for hydroxylation is 1. The van der Waals surface area contributed by atoms with Crippen LogP contribution < -0.4 is 10.6 Å². The second kappa shape index (κ2) is 7.35. The van der Waals surface area contributed by atoms with Crippen LogP contribution in [0.25, 0.3) is 0 Å². The highest BCUT2D eigenvalue weighted by atomic mass is 35.5. The Kier molecular flexibility index (Phi) is 5.29. The number of carbonyl (C=O) groups is 2. The van der Waals surface area contributed by atoms with Gasteiger partial charge in [-0.3, -0.25) is 9.59 Å². The van der Waals surface area contributed by atoms with E-state index in [0.29, 0.717) is 28.8 Å². The molecule has 1 aromatic heterocycles. The van der Waals surface area contributed by atoms with E-state index < -0.39 is 0 Å².